The van der Waals surface area contributed by atoms with Gasteiger partial charge in [0.05, 0.1) is 0 Å². The molecule has 2 atom stereocenters. The van der Waals surface area contributed by atoms with Crippen LogP contribution in [0.5, 0.6) is 0 Å². The third-order valence-electron chi connectivity index (χ3n) is 10.8. The molecule has 254 valence electrons. The van der Waals surface area contributed by atoms with Crippen molar-refractivity contribution in [3.63, 3.8) is 0 Å². The molecule has 0 saturated carbocycles. The van der Waals surface area contributed by atoms with Crippen molar-refractivity contribution in [1.29, 1.82) is 0 Å². The number of hydrogen-bond donors (Lipinski definition) is 0. The first kappa shape index (κ1) is 35.1. The number of hydrogen-bond acceptors (Lipinski definition) is 2. The summed E-state index contributed by atoms with van der Waals surface area (Å²) in [5, 5.41) is 5.06. The number of benzene rings is 6. The molecule has 2 aliphatic carbocycles. The van der Waals surface area contributed by atoms with Crippen molar-refractivity contribution in [1.82, 2.24) is 9.97 Å². The Morgan fingerprint density at radius 3 is 1.23 bits per heavy atom. The Kier molecular flexibility index (Phi) is 9.37. The first-order chi connectivity index (χ1) is 25.3. The third kappa shape index (κ3) is 5.57. The van der Waals surface area contributed by atoms with Crippen molar-refractivity contribution in [3.8, 4) is 22.3 Å². The molecule has 2 aromatic heterocycles. The summed E-state index contributed by atoms with van der Waals surface area (Å²) in [4.78, 5) is 10.3. The maximum Gasteiger partial charge on any atom is -0.147 e. The first-order valence-corrected chi connectivity index (χ1v) is 20.0. The van der Waals surface area contributed by atoms with Gasteiger partial charge in [0, 0.05) is 0 Å². The molecule has 0 radical (unpaired) electrons. The molecule has 10 rings (SSSR count). The Bertz CT molecular complexity index is 2500. The molecule has 0 aliphatic heterocycles. The van der Waals surface area contributed by atoms with Gasteiger partial charge in [0.2, 0.25) is 0 Å². The molecule has 6 aromatic carbocycles. The molecule has 0 spiro atoms. The van der Waals surface area contributed by atoms with Gasteiger partial charge >= 0.3 is 311 Å². The molecular formula is C48H34Cl2N2Zr. The number of halogens is 2. The third-order valence-corrected chi connectivity index (χ3v) is 16.1. The van der Waals surface area contributed by atoms with Crippen molar-refractivity contribution < 1.29 is 23.2 Å². The predicted molar refractivity (Wildman–Crippen MR) is 221 cm³/mol. The van der Waals surface area contributed by atoms with Gasteiger partial charge in [0.15, 0.2) is 0 Å². The summed E-state index contributed by atoms with van der Waals surface area (Å²) >= 11 is -1.68. The van der Waals surface area contributed by atoms with Crippen molar-refractivity contribution in [2.75, 3.05) is 0 Å². The van der Waals surface area contributed by atoms with Gasteiger partial charge in [0.1, 0.15) is 0 Å². The van der Waals surface area contributed by atoms with Gasteiger partial charge in [-0.05, 0) is 0 Å². The molecule has 0 N–H and O–H groups in total. The second-order valence-corrected chi connectivity index (χ2v) is 17.9. The van der Waals surface area contributed by atoms with E-state index in [0.717, 1.165) is 11.4 Å². The molecule has 0 bridgehead atoms. The van der Waals surface area contributed by atoms with Crippen LogP contribution in [0, 0.1) is 0 Å². The molecule has 5 heteroatoms. The number of nitrogens with zero attached hydrogens (tertiary/aromatic N) is 2. The zero-order valence-corrected chi connectivity index (χ0v) is 32.8. The normalized spacial score (nSPS) is 17.9. The van der Waals surface area contributed by atoms with E-state index in [0.29, 0.717) is 0 Å². The molecular weight excluding hydrogens is 767 g/mol. The SMILES string of the molecule is C1=C[C]([Zr][C]2(c3ccccn3)C=Cc3c(-c4cccc5ccccc45)cccc32)(c2ccccn2)c2cccc(-c3cccc4ccccc34)c21.Cl.Cl. The van der Waals surface area contributed by atoms with Gasteiger partial charge in [0.25, 0.3) is 0 Å². The summed E-state index contributed by atoms with van der Waals surface area (Å²) in [6.07, 6.45) is 13.7. The van der Waals surface area contributed by atoms with Crippen LogP contribution in [-0.2, 0) is 29.5 Å². The van der Waals surface area contributed by atoms with Crippen molar-refractivity contribution in [2.24, 2.45) is 0 Å². The average molecular weight is 801 g/mol. The number of rotatable bonds is 6. The van der Waals surface area contributed by atoms with E-state index in [1.165, 1.54) is 66.1 Å². The van der Waals surface area contributed by atoms with E-state index in [4.69, 9.17) is 9.97 Å². The fourth-order valence-corrected chi connectivity index (χ4v) is 13.9. The van der Waals surface area contributed by atoms with Crippen LogP contribution in [0.25, 0.3) is 56.0 Å². The Labute approximate surface area is 333 Å². The second kappa shape index (κ2) is 14.1. The van der Waals surface area contributed by atoms with E-state index in [1.54, 1.807) is 0 Å². The smallest absolute Gasteiger partial charge is 0.147 e. The van der Waals surface area contributed by atoms with Crippen LogP contribution in [0.1, 0.15) is 33.6 Å². The van der Waals surface area contributed by atoms with E-state index < -0.39 is 23.2 Å². The monoisotopic (exact) mass is 798 g/mol. The van der Waals surface area contributed by atoms with E-state index in [9.17, 15) is 0 Å². The number of pyridine rings is 2. The molecule has 2 nitrogen and oxygen atoms in total. The quantitative estimate of drug-likeness (QED) is 0.167. The largest absolute Gasteiger partial charge is 0.147 e. The second-order valence-electron chi connectivity index (χ2n) is 13.4. The molecule has 0 amide bonds. The minimum atomic E-state index is -1.68. The predicted octanol–water partition coefficient (Wildman–Crippen LogP) is 12.3. The zero-order chi connectivity index (χ0) is 33.8. The van der Waals surface area contributed by atoms with Crippen LogP contribution in [0.15, 0.2) is 182 Å². The van der Waals surface area contributed by atoms with E-state index in [2.05, 4.69) is 170 Å². The standard InChI is InChI=1S/2C24H16N.2ClH.Zr/c2*1-2-9-18-17(7-1)8-5-10-19(18)20-11-6-12-21-22(20)14-15-23(21)24-13-3-4-16-25-24;;;/h2*1-16H;2*1H;. The van der Waals surface area contributed by atoms with Crippen molar-refractivity contribution >= 4 is 58.5 Å². The Balaban J connectivity index is 0.00000200. The van der Waals surface area contributed by atoms with E-state index >= 15 is 0 Å². The maximum atomic E-state index is 5.15. The molecule has 2 unspecified atom stereocenters. The summed E-state index contributed by atoms with van der Waals surface area (Å²) in [5.41, 5.74) is 12.6. The molecule has 0 saturated heterocycles. The molecule has 2 aliphatic rings. The van der Waals surface area contributed by atoms with Gasteiger partial charge < -0.3 is 0 Å². The summed E-state index contributed by atoms with van der Waals surface area (Å²) in [6.45, 7) is 0. The first-order valence-electron chi connectivity index (χ1n) is 17.5. The van der Waals surface area contributed by atoms with Crippen LogP contribution in [-0.4, -0.2) is 9.97 Å². The summed E-state index contributed by atoms with van der Waals surface area (Å²) < 4.78 is -0.696. The Morgan fingerprint density at radius 2 is 0.774 bits per heavy atom. The Morgan fingerprint density at radius 1 is 0.377 bits per heavy atom. The minimum Gasteiger partial charge on any atom is -0.147 e. The van der Waals surface area contributed by atoms with Gasteiger partial charge in [-0.2, -0.15) is 0 Å². The minimum absolute atomic E-state index is 0. The average Bonchev–Trinajstić information content (AvgIpc) is 3.78. The summed E-state index contributed by atoms with van der Waals surface area (Å²) in [5.74, 6) is 0. The number of fused-ring (bicyclic) bond motifs is 4. The number of allylic oxidation sites excluding steroid dienone is 2. The van der Waals surface area contributed by atoms with Gasteiger partial charge in [-0.3, -0.25) is 0 Å². The van der Waals surface area contributed by atoms with Crippen molar-refractivity contribution in [2.45, 2.75) is 6.25 Å². The van der Waals surface area contributed by atoms with Gasteiger partial charge in [-0.15, -0.1) is 24.8 Å². The van der Waals surface area contributed by atoms with Crippen LogP contribution in [0.2, 0.25) is 0 Å². The van der Waals surface area contributed by atoms with Crippen molar-refractivity contribution in [3.05, 3.63) is 216 Å². The summed E-state index contributed by atoms with van der Waals surface area (Å²) in [6, 6.07) is 57.4. The molecule has 2 heterocycles. The fraction of sp³-hybridized carbons (Fsp3) is 0.0417. The fourth-order valence-electron chi connectivity index (χ4n) is 8.46. The van der Waals surface area contributed by atoms with Gasteiger partial charge in [-0.1, -0.05) is 0 Å². The molecule has 0 fully saturated rings. The molecule has 8 aromatic rings. The maximum absolute atomic E-state index is 5.15. The van der Waals surface area contributed by atoms with Crippen LogP contribution < -0.4 is 0 Å². The van der Waals surface area contributed by atoms with Gasteiger partial charge in [-0.25, -0.2) is 0 Å². The Hall–Kier alpha value is -4.92. The van der Waals surface area contributed by atoms with Crippen LogP contribution >= 0.6 is 24.8 Å². The van der Waals surface area contributed by atoms with Crippen LogP contribution in [0.4, 0.5) is 0 Å². The zero-order valence-electron chi connectivity index (χ0n) is 28.7. The summed E-state index contributed by atoms with van der Waals surface area (Å²) in [7, 11) is 0. The van der Waals surface area contributed by atoms with Crippen LogP contribution in [0.3, 0.4) is 0 Å². The number of aromatic nitrogens is 2. The van der Waals surface area contributed by atoms with E-state index in [1.807, 2.05) is 24.5 Å². The topological polar surface area (TPSA) is 25.8 Å². The van der Waals surface area contributed by atoms with E-state index in [-0.39, 0.29) is 31.1 Å². The molecule has 53 heavy (non-hydrogen) atoms.